The molecule has 0 bridgehead atoms. The summed E-state index contributed by atoms with van der Waals surface area (Å²) >= 11 is 1.55. The van der Waals surface area contributed by atoms with Gasteiger partial charge in [0, 0.05) is 40.6 Å². The fourth-order valence-corrected chi connectivity index (χ4v) is 3.81. The Balaban J connectivity index is 1.45. The summed E-state index contributed by atoms with van der Waals surface area (Å²) in [7, 11) is 0. The first-order valence-electron chi connectivity index (χ1n) is 9.89. The van der Waals surface area contributed by atoms with Gasteiger partial charge in [0.25, 0.3) is 0 Å². The molecule has 2 N–H and O–H groups in total. The van der Waals surface area contributed by atoms with Crippen LogP contribution in [-0.2, 0) is 6.42 Å². The molecular weight excluding hydrogens is 406 g/mol. The molecular formula is C24H21N5OS. The van der Waals surface area contributed by atoms with Crippen LogP contribution in [0.5, 0.6) is 0 Å². The third kappa shape index (κ3) is 5.46. The molecule has 2 amide bonds. The molecule has 0 aliphatic rings. The van der Waals surface area contributed by atoms with Crippen molar-refractivity contribution in [3.05, 3.63) is 91.0 Å². The number of aryl methyl sites for hydroxylation is 1. The number of aromatic nitrogens is 3. The molecule has 0 saturated heterocycles. The highest BCUT2D eigenvalue weighted by Crippen LogP contribution is 2.34. The maximum atomic E-state index is 12.2. The fraction of sp³-hybridized carbons (Fsp3) is 0.0833. The van der Waals surface area contributed by atoms with Crippen LogP contribution in [0.2, 0.25) is 0 Å². The maximum absolute atomic E-state index is 12.2. The zero-order chi connectivity index (χ0) is 21.5. The normalized spacial score (nSPS) is 10.5. The lowest BCUT2D eigenvalue weighted by Gasteiger charge is -2.10. The fourth-order valence-electron chi connectivity index (χ4n) is 2.92. The molecule has 31 heavy (non-hydrogen) atoms. The van der Waals surface area contributed by atoms with E-state index in [0.29, 0.717) is 5.69 Å². The van der Waals surface area contributed by atoms with Crippen LogP contribution in [-0.4, -0.2) is 21.0 Å². The molecule has 7 heteroatoms. The van der Waals surface area contributed by atoms with E-state index in [9.17, 15) is 4.79 Å². The quantitative estimate of drug-likeness (QED) is 0.401. The predicted octanol–water partition coefficient (Wildman–Crippen LogP) is 5.90. The minimum atomic E-state index is -0.283. The predicted molar refractivity (Wildman–Crippen MR) is 124 cm³/mol. The molecule has 0 aliphatic carbocycles. The van der Waals surface area contributed by atoms with Crippen molar-refractivity contribution < 1.29 is 4.79 Å². The summed E-state index contributed by atoms with van der Waals surface area (Å²) < 4.78 is 0. The molecule has 2 heterocycles. The van der Waals surface area contributed by atoms with Crippen molar-refractivity contribution in [1.29, 1.82) is 0 Å². The highest BCUT2D eigenvalue weighted by molar-refractivity contribution is 7.99. The lowest BCUT2D eigenvalue weighted by Crippen LogP contribution is -2.19. The Kier molecular flexibility index (Phi) is 6.54. The summed E-state index contributed by atoms with van der Waals surface area (Å²) in [6.45, 7) is 2.04. The largest absolute Gasteiger partial charge is 0.323 e. The average Bonchev–Trinajstić information content (AvgIpc) is 2.81. The summed E-state index contributed by atoms with van der Waals surface area (Å²) in [5, 5.41) is 6.51. The van der Waals surface area contributed by atoms with E-state index in [0.717, 1.165) is 39.1 Å². The molecule has 4 rings (SSSR count). The number of nitrogens with zero attached hydrogens (tertiary/aromatic N) is 3. The Bertz CT molecular complexity index is 1170. The maximum Gasteiger partial charge on any atom is 0.323 e. The number of hydrogen-bond donors (Lipinski definition) is 2. The molecule has 2 aromatic heterocycles. The molecule has 0 saturated carbocycles. The minimum absolute atomic E-state index is 0.283. The zero-order valence-electron chi connectivity index (χ0n) is 16.9. The van der Waals surface area contributed by atoms with Crippen LogP contribution < -0.4 is 10.6 Å². The molecule has 6 nitrogen and oxygen atoms in total. The number of amides is 2. The van der Waals surface area contributed by atoms with Gasteiger partial charge >= 0.3 is 6.03 Å². The molecule has 0 unspecified atom stereocenters. The van der Waals surface area contributed by atoms with E-state index in [1.165, 1.54) is 0 Å². The number of rotatable bonds is 6. The van der Waals surface area contributed by atoms with Crippen molar-refractivity contribution in [1.82, 2.24) is 15.0 Å². The van der Waals surface area contributed by atoms with Gasteiger partial charge in [-0.3, -0.25) is 0 Å². The van der Waals surface area contributed by atoms with E-state index in [2.05, 4.69) is 25.6 Å². The number of pyridine rings is 1. The van der Waals surface area contributed by atoms with Gasteiger partial charge in [-0.05, 0) is 54.6 Å². The first-order valence-corrected chi connectivity index (χ1v) is 10.7. The number of nitrogens with one attached hydrogen (secondary N) is 2. The Labute approximate surface area is 185 Å². The van der Waals surface area contributed by atoms with Gasteiger partial charge in [0.15, 0.2) is 0 Å². The van der Waals surface area contributed by atoms with Crippen molar-refractivity contribution in [3.63, 3.8) is 0 Å². The van der Waals surface area contributed by atoms with Gasteiger partial charge in [-0.25, -0.2) is 19.7 Å². The third-order valence-electron chi connectivity index (χ3n) is 4.43. The number of para-hydroxylation sites is 1. The summed E-state index contributed by atoms with van der Waals surface area (Å²) in [5.41, 5.74) is 3.28. The zero-order valence-corrected chi connectivity index (χ0v) is 17.8. The van der Waals surface area contributed by atoms with Crippen LogP contribution in [0, 0.1) is 0 Å². The van der Waals surface area contributed by atoms with Crippen molar-refractivity contribution in [2.75, 3.05) is 10.6 Å². The second-order valence-electron chi connectivity index (χ2n) is 6.64. The van der Waals surface area contributed by atoms with Gasteiger partial charge in [0.1, 0.15) is 10.9 Å². The Hall–Kier alpha value is -3.71. The molecule has 0 spiro atoms. The van der Waals surface area contributed by atoms with Crippen LogP contribution in [0.25, 0.3) is 11.3 Å². The minimum Gasteiger partial charge on any atom is -0.308 e. The van der Waals surface area contributed by atoms with E-state index in [-0.39, 0.29) is 6.03 Å². The summed E-state index contributed by atoms with van der Waals surface area (Å²) in [5.74, 6) is 0.807. The van der Waals surface area contributed by atoms with Gasteiger partial charge in [0.2, 0.25) is 0 Å². The number of hydrogen-bond acceptors (Lipinski definition) is 5. The second kappa shape index (κ2) is 9.86. The van der Waals surface area contributed by atoms with Gasteiger partial charge in [-0.2, -0.15) is 0 Å². The highest BCUT2D eigenvalue weighted by Gasteiger charge is 2.10. The van der Waals surface area contributed by atoms with Crippen molar-refractivity contribution in [2.45, 2.75) is 23.3 Å². The van der Waals surface area contributed by atoms with Crippen LogP contribution >= 0.6 is 11.8 Å². The van der Waals surface area contributed by atoms with Crippen molar-refractivity contribution >= 4 is 29.2 Å². The monoisotopic (exact) mass is 427 g/mol. The summed E-state index contributed by atoms with van der Waals surface area (Å²) in [4.78, 5) is 26.6. The molecule has 0 radical (unpaired) electrons. The van der Waals surface area contributed by atoms with Gasteiger partial charge in [-0.1, -0.05) is 36.9 Å². The molecule has 0 aliphatic heterocycles. The highest BCUT2D eigenvalue weighted by atomic mass is 32.2. The van der Waals surface area contributed by atoms with Crippen LogP contribution in [0.3, 0.4) is 0 Å². The lowest BCUT2D eigenvalue weighted by atomic mass is 10.2. The summed E-state index contributed by atoms with van der Waals surface area (Å²) in [6.07, 6.45) is 4.34. The molecule has 0 fully saturated rings. The Morgan fingerprint density at radius 1 is 0.839 bits per heavy atom. The topological polar surface area (TPSA) is 79.8 Å². The third-order valence-corrected chi connectivity index (χ3v) is 5.45. The lowest BCUT2D eigenvalue weighted by molar-refractivity contribution is 0.262. The van der Waals surface area contributed by atoms with E-state index in [1.807, 2.05) is 79.7 Å². The van der Waals surface area contributed by atoms with E-state index < -0.39 is 0 Å². The van der Waals surface area contributed by atoms with E-state index >= 15 is 0 Å². The van der Waals surface area contributed by atoms with Crippen molar-refractivity contribution in [3.8, 4) is 11.3 Å². The van der Waals surface area contributed by atoms with Crippen LogP contribution in [0.15, 0.2) is 95.1 Å². The number of benzene rings is 2. The number of urea groups is 1. The van der Waals surface area contributed by atoms with Crippen LogP contribution in [0.1, 0.15) is 12.7 Å². The number of anilines is 2. The van der Waals surface area contributed by atoms with Crippen molar-refractivity contribution in [2.24, 2.45) is 0 Å². The Morgan fingerprint density at radius 2 is 1.58 bits per heavy atom. The average molecular weight is 428 g/mol. The molecule has 4 aromatic rings. The van der Waals surface area contributed by atoms with Gasteiger partial charge in [-0.15, -0.1) is 0 Å². The smallest absolute Gasteiger partial charge is 0.308 e. The first kappa shape index (κ1) is 20.6. The van der Waals surface area contributed by atoms with Crippen LogP contribution in [0.4, 0.5) is 16.2 Å². The Morgan fingerprint density at radius 3 is 2.32 bits per heavy atom. The second-order valence-corrected chi connectivity index (χ2v) is 7.70. The molecule has 0 atom stereocenters. The van der Waals surface area contributed by atoms with E-state index in [1.54, 1.807) is 24.2 Å². The first-order chi connectivity index (χ1) is 15.2. The van der Waals surface area contributed by atoms with Gasteiger partial charge < -0.3 is 10.6 Å². The van der Waals surface area contributed by atoms with Gasteiger partial charge in [0.05, 0.1) is 5.69 Å². The molecule has 154 valence electrons. The number of carbonyl (C=O) groups excluding carboxylic acids is 1. The summed E-state index contributed by atoms with van der Waals surface area (Å²) in [6, 6.07) is 22.5. The number of carbonyl (C=O) groups is 1. The van der Waals surface area contributed by atoms with E-state index in [4.69, 9.17) is 0 Å². The standard InChI is InChI=1S/C24H21N5OS/c1-2-22-25-16-14-21(29-22)20-9-6-15-26-23(20)31-19-12-10-18(11-13-19)28-24(30)27-17-7-4-3-5-8-17/h3-16H,2H2,1H3,(H2,27,28,30). The SMILES string of the molecule is CCc1nccc(-c2cccnc2Sc2ccc(NC(=O)Nc3ccccc3)cc2)n1. The molecule has 2 aromatic carbocycles.